The molecule has 12 aromatic rings. The second kappa shape index (κ2) is 16.6. The minimum atomic E-state index is -0.110. The molecule has 0 heterocycles. The van der Waals surface area contributed by atoms with Crippen LogP contribution >= 0.6 is 0 Å². The molecule has 360 valence electrons. The highest BCUT2D eigenvalue weighted by Gasteiger charge is 2.38. The summed E-state index contributed by atoms with van der Waals surface area (Å²) < 4.78 is 0. The SMILES string of the molecule is CC1(C)c2ccccc2-c2ccc(N(c3ccccc3)c3ccc(-c4c5c(c(-c6ccc(N(c7ccccc7)c7ccc8c(c7)C(C)(C)c7ccccc7-8)cc6)c6ccccc46)-c4cccc6cccc-5c46)cc3)cc21. The first kappa shape index (κ1) is 44.3. The van der Waals surface area contributed by atoms with Crippen LogP contribution in [0.15, 0.2) is 255 Å². The van der Waals surface area contributed by atoms with Gasteiger partial charge in [0.15, 0.2) is 0 Å². The van der Waals surface area contributed by atoms with Crippen molar-refractivity contribution in [3.63, 3.8) is 0 Å². The first-order valence-corrected chi connectivity index (χ1v) is 26.8. The van der Waals surface area contributed by atoms with E-state index in [1.54, 1.807) is 0 Å². The quantitative estimate of drug-likeness (QED) is 0.150. The Morgan fingerprint density at radius 2 is 0.592 bits per heavy atom. The second-order valence-electron chi connectivity index (χ2n) is 22.0. The van der Waals surface area contributed by atoms with Crippen molar-refractivity contribution in [3.05, 3.63) is 277 Å². The van der Waals surface area contributed by atoms with E-state index in [0.29, 0.717) is 0 Å². The van der Waals surface area contributed by atoms with Crippen molar-refractivity contribution in [1.82, 2.24) is 0 Å². The van der Waals surface area contributed by atoms with E-state index in [1.165, 1.54) is 111 Å². The molecule has 12 aromatic carbocycles. The number of nitrogens with zero attached hydrogens (tertiary/aromatic N) is 2. The topological polar surface area (TPSA) is 6.48 Å². The molecule has 0 unspecified atom stereocenters. The van der Waals surface area contributed by atoms with Gasteiger partial charge in [-0.05, 0) is 183 Å². The molecule has 0 aromatic heterocycles. The number of fused-ring (bicyclic) bond motifs is 10. The largest absolute Gasteiger partial charge is 0.310 e. The Labute approximate surface area is 445 Å². The lowest BCUT2D eigenvalue weighted by molar-refractivity contribution is 0.660. The predicted octanol–water partition coefficient (Wildman–Crippen LogP) is 20.5. The molecule has 3 aliphatic rings. The zero-order chi connectivity index (χ0) is 50.9. The number of anilines is 6. The van der Waals surface area contributed by atoms with Gasteiger partial charge in [-0.15, -0.1) is 0 Å². The molecule has 0 saturated heterocycles. The minimum Gasteiger partial charge on any atom is -0.310 e. The molecule has 0 amide bonds. The normalized spacial score (nSPS) is 13.7. The first-order chi connectivity index (χ1) is 37.2. The summed E-state index contributed by atoms with van der Waals surface area (Å²) in [6.45, 7) is 9.45. The second-order valence-corrected chi connectivity index (χ2v) is 22.0. The van der Waals surface area contributed by atoms with E-state index >= 15 is 0 Å². The first-order valence-electron chi connectivity index (χ1n) is 26.8. The standard InChI is InChI=1S/C74H54N2/c1-73(2)64-31-15-13-25-56(64)58-43-41-54(45-66(58)73)75(50-21-7-5-8-22-50)52-37-33-48(34-38-52)69-60-27-11-12-28-61(60)70(72-63-30-18-20-47-19-17-29-62(68(47)63)71(69)72)49-35-39-53(40-36-49)76(51-23-9-6-10-24-51)55-42-44-59-57-26-14-16-32-65(57)74(3,4)67(59)46-55/h5-46H,1-4H3. The average molecular weight is 971 g/mol. The highest BCUT2D eigenvalue weighted by atomic mass is 15.1. The number of benzene rings is 12. The van der Waals surface area contributed by atoms with Crippen LogP contribution in [0, 0.1) is 0 Å². The number of para-hydroxylation sites is 2. The molecule has 0 aliphatic heterocycles. The highest BCUT2D eigenvalue weighted by Crippen LogP contribution is 2.59. The summed E-state index contributed by atoms with van der Waals surface area (Å²) in [5.74, 6) is 0. The van der Waals surface area contributed by atoms with Crippen molar-refractivity contribution in [3.8, 4) is 66.8 Å². The fourth-order valence-electron chi connectivity index (χ4n) is 13.6. The number of hydrogen-bond acceptors (Lipinski definition) is 2. The number of hydrogen-bond donors (Lipinski definition) is 0. The van der Waals surface area contributed by atoms with Gasteiger partial charge in [-0.3, -0.25) is 0 Å². The molecule has 76 heavy (non-hydrogen) atoms. The third-order valence-electron chi connectivity index (χ3n) is 17.2. The maximum atomic E-state index is 2.42. The lowest BCUT2D eigenvalue weighted by Crippen LogP contribution is -2.16. The average Bonchev–Trinajstić information content (AvgIpc) is 4.19. The van der Waals surface area contributed by atoms with E-state index in [9.17, 15) is 0 Å². The van der Waals surface area contributed by atoms with E-state index in [2.05, 4.69) is 292 Å². The van der Waals surface area contributed by atoms with E-state index in [4.69, 9.17) is 0 Å². The molecule has 0 fully saturated rings. The maximum Gasteiger partial charge on any atom is 0.0465 e. The molecule has 2 heteroatoms. The molecule has 0 atom stereocenters. The minimum absolute atomic E-state index is 0.110. The van der Waals surface area contributed by atoms with E-state index in [-0.39, 0.29) is 10.8 Å². The van der Waals surface area contributed by atoms with Gasteiger partial charge in [0.25, 0.3) is 0 Å². The fraction of sp³-hybridized carbons (Fsp3) is 0.0811. The molecule has 3 aliphatic carbocycles. The van der Waals surface area contributed by atoms with Crippen LogP contribution in [0.2, 0.25) is 0 Å². The summed E-state index contributed by atoms with van der Waals surface area (Å²) in [5, 5.41) is 5.06. The van der Waals surface area contributed by atoms with Crippen molar-refractivity contribution in [2.45, 2.75) is 38.5 Å². The van der Waals surface area contributed by atoms with Crippen LogP contribution in [0.25, 0.3) is 88.3 Å². The maximum absolute atomic E-state index is 2.42. The summed E-state index contributed by atoms with van der Waals surface area (Å²) in [7, 11) is 0. The molecular formula is C74H54N2. The fourth-order valence-corrected chi connectivity index (χ4v) is 13.6. The highest BCUT2D eigenvalue weighted by molar-refractivity contribution is 6.27. The van der Waals surface area contributed by atoms with Gasteiger partial charge < -0.3 is 9.80 Å². The Balaban J connectivity index is 0.877. The van der Waals surface area contributed by atoms with Crippen LogP contribution < -0.4 is 9.80 Å². The zero-order valence-corrected chi connectivity index (χ0v) is 43.1. The van der Waals surface area contributed by atoms with Gasteiger partial charge >= 0.3 is 0 Å². The van der Waals surface area contributed by atoms with E-state index in [1.807, 2.05) is 0 Å². The molecule has 0 saturated carbocycles. The summed E-state index contributed by atoms with van der Waals surface area (Å²) in [5.41, 5.74) is 27.5. The molecule has 0 radical (unpaired) electrons. The van der Waals surface area contributed by atoms with Crippen molar-refractivity contribution in [2.75, 3.05) is 9.80 Å². The molecule has 15 rings (SSSR count). The molecular weight excluding hydrogens is 917 g/mol. The van der Waals surface area contributed by atoms with Gasteiger partial charge in [-0.25, -0.2) is 0 Å². The van der Waals surface area contributed by atoms with Crippen molar-refractivity contribution in [2.24, 2.45) is 0 Å². The van der Waals surface area contributed by atoms with Gasteiger partial charge in [0.1, 0.15) is 0 Å². The third kappa shape index (κ3) is 6.47. The summed E-state index contributed by atoms with van der Waals surface area (Å²) in [4.78, 5) is 4.83. The van der Waals surface area contributed by atoms with Crippen molar-refractivity contribution < 1.29 is 0 Å². The lowest BCUT2D eigenvalue weighted by atomic mass is 9.82. The van der Waals surface area contributed by atoms with Crippen LogP contribution in [0.3, 0.4) is 0 Å². The summed E-state index contributed by atoms with van der Waals surface area (Å²) in [6.07, 6.45) is 0. The van der Waals surface area contributed by atoms with Crippen LogP contribution in [-0.4, -0.2) is 0 Å². The Hall–Kier alpha value is -9.24. The monoisotopic (exact) mass is 970 g/mol. The van der Waals surface area contributed by atoms with Crippen LogP contribution in [0.1, 0.15) is 49.9 Å². The third-order valence-corrected chi connectivity index (χ3v) is 17.2. The van der Waals surface area contributed by atoms with Gasteiger partial charge in [-0.1, -0.05) is 210 Å². The van der Waals surface area contributed by atoms with Crippen LogP contribution in [-0.2, 0) is 10.8 Å². The van der Waals surface area contributed by atoms with Gasteiger partial charge in [0, 0.05) is 45.0 Å². The molecule has 0 N–H and O–H groups in total. The molecule has 0 spiro atoms. The van der Waals surface area contributed by atoms with E-state index in [0.717, 1.165) is 34.1 Å². The van der Waals surface area contributed by atoms with Crippen molar-refractivity contribution >= 4 is 55.7 Å². The number of rotatable bonds is 8. The Morgan fingerprint density at radius 1 is 0.250 bits per heavy atom. The Bertz CT molecular complexity index is 4040. The lowest BCUT2D eigenvalue weighted by Gasteiger charge is -2.28. The van der Waals surface area contributed by atoms with Crippen LogP contribution in [0.5, 0.6) is 0 Å². The smallest absolute Gasteiger partial charge is 0.0465 e. The van der Waals surface area contributed by atoms with Gasteiger partial charge in [-0.2, -0.15) is 0 Å². The van der Waals surface area contributed by atoms with Gasteiger partial charge in [0.05, 0.1) is 0 Å². The summed E-state index contributed by atoms with van der Waals surface area (Å²) >= 11 is 0. The molecule has 0 bridgehead atoms. The Morgan fingerprint density at radius 3 is 1.03 bits per heavy atom. The predicted molar refractivity (Wildman–Crippen MR) is 321 cm³/mol. The van der Waals surface area contributed by atoms with Gasteiger partial charge in [0.2, 0.25) is 0 Å². The van der Waals surface area contributed by atoms with Crippen molar-refractivity contribution in [1.29, 1.82) is 0 Å². The zero-order valence-electron chi connectivity index (χ0n) is 43.1. The van der Waals surface area contributed by atoms with E-state index < -0.39 is 0 Å². The Kier molecular flexibility index (Phi) is 9.69. The molecule has 2 nitrogen and oxygen atoms in total. The summed E-state index contributed by atoms with van der Waals surface area (Å²) in [6, 6.07) is 95.0. The van der Waals surface area contributed by atoms with Crippen LogP contribution in [0.4, 0.5) is 34.1 Å².